The molecule has 9 heteroatoms. The van der Waals surface area contributed by atoms with Crippen molar-refractivity contribution in [3.63, 3.8) is 0 Å². The number of para-hydroxylation sites is 1. The molecule has 8 nitrogen and oxygen atoms in total. The molecule has 146 valence electrons. The summed E-state index contributed by atoms with van der Waals surface area (Å²) in [4.78, 5) is 8.89. The number of hydrogen-bond acceptors (Lipinski definition) is 7. The average Bonchev–Trinajstić information content (AvgIpc) is 3.00. The normalized spacial score (nSPS) is 20.1. The molecule has 27 heavy (non-hydrogen) atoms. The van der Waals surface area contributed by atoms with Crippen molar-refractivity contribution >= 4 is 15.8 Å². The third-order valence-electron chi connectivity index (χ3n) is 4.51. The van der Waals surface area contributed by atoms with Crippen LogP contribution in [0.4, 0.5) is 5.82 Å². The standard InChI is InChI=1S/C18H24N4O4S/c1-12-8-17(21-18(19-12)14-6-4-5-7-16(14)23)20-15-10-26-9-13(15)11-27(24,25)22(2)3/h4-8,13,15,23H,9-11H2,1-3H3,(H,19,20,21)/t13-,15+/m0/s1. The molecular formula is C18H24N4O4S. The van der Waals surface area contributed by atoms with Crippen molar-refractivity contribution in [3.05, 3.63) is 36.0 Å². The predicted octanol–water partition coefficient (Wildman–Crippen LogP) is 1.48. The van der Waals surface area contributed by atoms with Crippen LogP contribution in [0.25, 0.3) is 11.4 Å². The lowest BCUT2D eigenvalue weighted by molar-refractivity contribution is 0.187. The van der Waals surface area contributed by atoms with Gasteiger partial charge in [-0.05, 0) is 19.1 Å². The molecule has 1 aliphatic heterocycles. The van der Waals surface area contributed by atoms with Gasteiger partial charge in [0.25, 0.3) is 0 Å². The largest absolute Gasteiger partial charge is 0.507 e. The third kappa shape index (κ3) is 4.55. The maximum Gasteiger partial charge on any atom is 0.214 e. The van der Waals surface area contributed by atoms with Crippen molar-refractivity contribution in [2.75, 3.05) is 38.4 Å². The quantitative estimate of drug-likeness (QED) is 0.767. The molecule has 2 heterocycles. The molecule has 2 atom stereocenters. The van der Waals surface area contributed by atoms with Gasteiger partial charge in [-0.3, -0.25) is 0 Å². The number of aromatic nitrogens is 2. The number of anilines is 1. The second-order valence-corrected chi connectivity index (χ2v) is 9.07. The van der Waals surface area contributed by atoms with Crippen LogP contribution in [0.15, 0.2) is 30.3 Å². The zero-order valence-corrected chi connectivity index (χ0v) is 16.4. The Bertz CT molecular complexity index is 917. The van der Waals surface area contributed by atoms with Gasteiger partial charge in [-0.25, -0.2) is 22.7 Å². The molecule has 1 aliphatic rings. The lowest BCUT2D eigenvalue weighted by Crippen LogP contribution is -2.37. The smallest absolute Gasteiger partial charge is 0.214 e. The molecule has 1 aromatic carbocycles. The number of ether oxygens (including phenoxy) is 1. The summed E-state index contributed by atoms with van der Waals surface area (Å²) in [7, 11) is -0.269. The van der Waals surface area contributed by atoms with E-state index in [-0.39, 0.29) is 23.5 Å². The van der Waals surface area contributed by atoms with E-state index in [0.29, 0.717) is 30.4 Å². The summed E-state index contributed by atoms with van der Waals surface area (Å²) in [6.07, 6.45) is 0. The van der Waals surface area contributed by atoms with Gasteiger partial charge < -0.3 is 15.2 Å². The van der Waals surface area contributed by atoms with Crippen LogP contribution in [0.2, 0.25) is 0 Å². The van der Waals surface area contributed by atoms with Crippen molar-refractivity contribution in [1.82, 2.24) is 14.3 Å². The summed E-state index contributed by atoms with van der Waals surface area (Å²) in [5.74, 6) is 0.915. The highest BCUT2D eigenvalue weighted by atomic mass is 32.2. The number of sulfonamides is 1. The summed E-state index contributed by atoms with van der Waals surface area (Å²) in [6, 6.07) is 8.49. The lowest BCUT2D eigenvalue weighted by atomic mass is 10.1. The molecule has 1 saturated heterocycles. The highest BCUT2D eigenvalue weighted by Crippen LogP contribution is 2.28. The van der Waals surface area contributed by atoms with Gasteiger partial charge >= 0.3 is 0 Å². The maximum absolute atomic E-state index is 12.2. The van der Waals surface area contributed by atoms with Crippen molar-refractivity contribution in [3.8, 4) is 17.1 Å². The molecule has 1 aromatic heterocycles. The number of hydrogen-bond donors (Lipinski definition) is 2. The van der Waals surface area contributed by atoms with Crippen LogP contribution in [0.1, 0.15) is 5.69 Å². The number of benzene rings is 1. The first-order valence-corrected chi connectivity index (χ1v) is 10.3. The molecule has 0 radical (unpaired) electrons. The summed E-state index contributed by atoms with van der Waals surface area (Å²) < 4.78 is 31.1. The van der Waals surface area contributed by atoms with Crippen LogP contribution in [-0.4, -0.2) is 66.9 Å². The van der Waals surface area contributed by atoms with E-state index in [1.165, 1.54) is 18.4 Å². The number of rotatable bonds is 6. The fraction of sp³-hybridized carbons (Fsp3) is 0.444. The van der Waals surface area contributed by atoms with Gasteiger partial charge in [-0.1, -0.05) is 12.1 Å². The molecule has 3 rings (SSSR count). The third-order valence-corrected chi connectivity index (χ3v) is 6.47. The number of aromatic hydroxyl groups is 1. The molecule has 0 spiro atoms. The average molecular weight is 392 g/mol. The van der Waals surface area contributed by atoms with Crippen LogP contribution in [0.3, 0.4) is 0 Å². The van der Waals surface area contributed by atoms with Crippen molar-refractivity contribution in [1.29, 1.82) is 0 Å². The Morgan fingerprint density at radius 1 is 1.26 bits per heavy atom. The van der Waals surface area contributed by atoms with E-state index in [1.807, 2.05) is 6.92 Å². The van der Waals surface area contributed by atoms with Crippen molar-refractivity contribution < 1.29 is 18.3 Å². The first-order valence-electron chi connectivity index (χ1n) is 8.65. The minimum atomic E-state index is -3.32. The number of nitrogens with zero attached hydrogens (tertiary/aromatic N) is 3. The van der Waals surface area contributed by atoms with Crippen molar-refractivity contribution in [2.24, 2.45) is 5.92 Å². The van der Waals surface area contributed by atoms with Gasteiger partial charge in [0, 0.05) is 31.8 Å². The van der Waals surface area contributed by atoms with E-state index < -0.39 is 10.0 Å². The molecule has 0 unspecified atom stereocenters. The molecule has 0 amide bonds. The Kier molecular flexibility index (Phi) is 5.64. The fourth-order valence-corrected chi connectivity index (χ4v) is 4.13. The number of phenols is 1. The lowest BCUT2D eigenvalue weighted by Gasteiger charge is -2.21. The van der Waals surface area contributed by atoms with Gasteiger partial charge in [0.15, 0.2) is 5.82 Å². The van der Waals surface area contributed by atoms with E-state index in [9.17, 15) is 13.5 Å². The van der Waals surface area contributed by atoms with Crippen LogP contribution in [-0.2, 0) is 14.8 Å². The zero-order valence-electron chi connectivity index (χ0n) is 15.6. The second kappa shape index (κ2) is 7.79. The number of aryl methyl sites for hydroxylation is 1. The molecule has 1 fully saturated rings. The number of nitrogens with one attached hydrogen (secondary N) is 1. The van der Waals surface area contributed by atoms with E-state index in [1.54, 1.807) is 30.3 Å². The van der Waals surface area contributed by atoms with E-state index >= 15 is 0 Å². The zero-order chi connectivity index (χ0) is 19.6. The Morgan fingerprint density at radius 2 is 2.00 bits per heavy atom. The van der Waals surface area contributed by atoms with Crippen LogP contribution < -0.4 is 5.32 Å². The highest BCUT2D eigenvalue weighted by molar-refractivity contribution is 7.89. The molecule has 0 aliphatic carbocycles. The maximum atomic E-state index is 12.2. The van der Waals surface area contributed by atoms with Gasteiger partial charge in [-0.2, -0.15) is 0 Å². The number of phenolic OH excluding ortho intramolecular Hbond substituents is 1. The monoisotopic (exact) mass is 392 g/mol. The van der Waals surface area contributed by atoms with Gasteiger partial charge in [0.1, 0.15) is 11.6 Å². The molecule has 2 aromatic rings. The predicted molar refractivity (Wildman–Crippen MR) is 103 cm³/mol. The molecule has 2 N–H and O–H groups in total. The summed E-state index contributed by atoms with van der Waals surface area (Å²) >= 11 is 0. The van der Waals surface area contributed by atoms with Crippen LogP contribution >= 0.6 is 0 Å². The minimum absolute atomic E-state index is 0.00800. The van der Waals surface area contributed by atoms with Gasteiger partial charge in [0.05, 0.1) is 30.6 Å². The first kappa shape index (κ1) is 19.5. The summed E-state index contributed by atoms with van der Waals surface area (Å²) in [6.45, 7) is 2.62. The topological polar surface area (TPSA) is 105 Å². The first-order chi connectivity index (χ1) is 12.8. The molecular weight excluding hydrogens is 368 g/mol. The second-order valence-electron chi connectivity index (χ2n) is 6.84. The Balaban J connectivity index is 1.82. The highest BCUT2D eigenvalue weighted by Gasteiger charge is 2.33. The fourth-order valence-electron chi connectivity index (χ4n) is 2.96. The van der Waals surface area contributed by atoms with Crippen molar-refractivity contribution in [2.45, 2.75) is 13.0 Å². The van der Waals surface area contributed by atoms with Crippen LogP contribution in [0.5, 0.6) is 5.75 Å². The summed E-state index contributed by atoms with van der Waals surface area (Å²) in [5.41, 5.74) is 1.28. The van der Waals surface area contributed by atoms with E-state index in [0.717, 1.165) is 5.69 Å². The Hall–Kier alpha value is -2.23. The Morgan fingerprint density at radius 3 is 2.70 bits per heavy atom. The minimum Gasteiger partial charge on any atom is -0.507 e. The van der Waals surface area contributed by atoms with Gasteiger partial charge in [-0.15, -0.1) is 0 Å². The molecule has 0 bridgehead atoms. The Labute approximate surface area is 159 Å². The van der Waals surface area contributed by atoms with E-state index in [4.69, 9.17) is 4.74 Å². The van der Waals surface area contributed by atoms with E-state index in [2.05, 4.69) is 15.3 Å². The van der Waals surface area contributed by atoms with Gasteiger partial charge in [0.2, 0.25) is 10.0 Å². The van der Waals surface area contributed by atoms with Crippen LogP contribution in [0, 0.1) is 12.8 Å². The summed E-state index contributed by atoms with van der Waals surface area (Å²) in [5, 5.41) is 13.3. The SMILES string of the molecule is Cc1cc(N[C@@H]2COC[C@H]2CS(=O)(=O)N(C)C)nc(-c2ccccc2O)n1. The molecule has 0 saturated carbocycles.